The topological polar surface area (TPSA) is 59.8 Å². The van der Waals surface area contributed by atoms with Crippen molar-refractivity contribution in [2.24, 2.45) is 5.92 Å². The van der Waals surface area contributed by atoms with E-state index in [1.54, 1.807) is 6.92 Å². The van der Waals surface area contributed by atoms with E-state index in [-0.39, 0.29) is 17.6 Å². The average molecular weight is 314 g/mol. The lowest BCUT2D eigenvalue weighted by molar-refractivity contribution is -0.119. The number of rotatable bonds is 5. The van der Waals surface area contributed by atoms with E-state index in [2.05, 4.69) is 15.3 Å². The maximum atomic E-state index is 12.9. The van der Waals surface area contributed by atoms with Crippen LogP contribution in [-0.2, 0) is 4.79 Å². The SMILES string of the molecule is CCC(C)C(=O)Nc1nc(C)c(-c2nccn2C(F)F)s1. The number of hydrogen-bond acceptors (Lipinski definition) is 4. The fraction of sp³-hybridized carbons (Fsp3) is 0.462. The minimum absolute atomic E-state index is 0.124. The first-order chi connectivity index (χ1) is 9.93. The average Bonchev–Trinajstić information content (AvgIpc) is 3.03. The van der Waals surface area contributed by atoms with Gasteiger partial charge in [-0.2, -0.15) is 8.78 Å². The maximum Gasteiger partial charge on any atom is 0.320 e. The number of nitrogens with zero attached hydrogens (tertiary/aromatic N) is 3. The highest BCUT2D eigenvalue weighted by Crippen LogP contribution is 2.33. The zero-order valence-corrected chi connectivity index (χ0v) is 12.7. The summed E-state index contributed by atoms with van der Waals surface area (Å²) in [4.78, 5) is 20.5. The number of anilines is 1. The first kappa shape index (κ1) is 15.6. The third-order valence-electron chi connectivity index (χ3n) is 3.17. The summed E-state index contributed by atoms with van der Waals surface area (Å²) in [7, 11) is 0. The zero-order chi connectivity index (χ0) is 15.6. The van der Waals surface area contributed by atoms with Gasteiger partial charge in [-0.3, -0.25) is 9.36 Å². The molecule has 0 aliphatic heterocycles. The molecule has 1 unspecified atom stereocenters. The molecule has 0 aliphatic rings. The minimum atomic E-state index is -2.66. The number of imidazole rings is 1. The highest BCUT2D eigenvalue weighted by atomic mass is 32.1. The van der Waals surface area contributed by atoms with Crippen LogP contribution in [-0.4, -0.2) is 20.4 Å². The number of carbonyl (C=O) groups excluding carboxylic acids is 1. The summed E-state index contributed by atoms with van der Waals surface area (Å²) in [5, 5.41) is 3.11. The van der Waals surface area contributed by atoms with Crippen LogP contribution >= 0.6 is 11.3 Å². The highest BCUT2D eigenvalue weighted by Gasteiger charge is 2.20. The Morgan fingerprint density at radius 3 is 2.86 bits per heavy atom. The van der Waals surface area contributed by atoms with Crippen LogP contribution in [0.2, 0.25) is 0 Å². The Labute approximate surface area is 125 Å². The third-order valence-corrected chi connectivity index (χ3v) is 4.24. The monoisotopic (exact) mass is 314 g/mol. The lowest BCUT2D eigenvalue weighted by Crippen LogP contribution is -2.19. The van der Waals surface area contributed by atoms with Gasteiger partial charge in [-0.15, -0.1) is 0 Å². The summed E-state index contributed by atoms with van der Waals surface area (Å²) < 4.78 is 26.5. The van der Waals surface area contributed by atoms with Crippen LogP contribution in [0.3, 0.4) is 0 Å². The molecule has 114 valence electrons. The highest BCUT2D eigenvalue weighted by molar-refractivity contribution is 7.19. The third kappa shape index (κ3) is 3.26. The van der Waals surface area contributed by atoms with Gasteiger partial charge in [0, 0.05) is 18.3 Å². The first-order valence-electron chi connectivity index (χ1n) is 6.53. The summed E-state index contributed by atoms with van der Waals surface area (Å²) in [6, 6.07) is 0. The van der Waals surface area contributed by atoms with Gasteiger partial charge in [0.2, 0.25) is 5.91 Å². The number of nitrogens with one attached hydrogen (secondary N) is 1. The van der Waals surface area contributed by atoms with Crippen molar-refractivity contribution >= 4 is 22.4 Å². The van der Waals surface area contributed by atoms with E-state index < -0.39 is 6.55 Å². The molecular weight excluding hydrogens is 298 g/mol. The van der Waals surface area contributed by atoms with Crippen molar-refractivity contribution < 1.29 is 13.6 Å². The molecule has 0 fully saturated rings. The Morgan fingerprint density at radius 1 is 1.52 bits per heavy atom. The summed E-state index contributed by atoms with van der Waals surface area (Å²) in [5.74, 6) is -0.0975. The second-order valence-corrected chi connectivity index (χ2v) is 5.67. The van der Waals surface area contributed by atoms with E-state index in [4.69, 9.17) is 0 Å². The van der Waals surface area contributed by atoms with Crippen LogP contribution in [0.25, 0.3) is 10.7 Å². The number of aromatic nitrogens is 3. The molecule has 5 nitrogen and oxygen atoms in total. The van der Waals surface area contributed by atoms with Crippen LogP contribution in [0.4, 0.5) is 13.9 Å². The molecule has 0 spiro atoms. The second kappa shape index (κ2) is 6.30. The van der Waals surface area contributed by atoms with Crippen molar-refractivity contribution in [3.05, 3.63) is 18.1 Å². The van der Waals surface area contributed by atoms with Crippen molar-refractivity contribution in [3.8, 4) is 10.7 Å². The Kier molecular flexibility index (Phi) is 4.66. The molecule has 8 heteroatoms. The van der Waals surface area contributed by atoms with Crippen LogP contribution in [0, 0.1) is 12.8 Å². The summed E-state index contributed by atoms with van der Waals surface area (Å²) in [5.41, 5.74) is 0.563. The molecule has 0 bridgehead atoms. The second-order valence-electron chi connectivity index (χ2n) is 4.67. The van der Waals surface area contributed by atoms with E-state index in [1.165, 1.54) is 12.4 Å². The molecule has 2 aromatic heterocycles. The lowest BCUT2D eigenvalue weighted by Gasteiger charge is -2.06. The predicted octanol–water partition coefficient (Wildman–Crippen LogP) is 3.69. The van der Waals surface area contributed by atoms with Gasteiger partial charge in [-0.05, 0) is 13.3 Å². The first-order valence-corrected chi connectivity index (χ1v) is 7.35. The summed E-state index contributed by atoms with van der Waals surface area (Å²) >= 11 is 1.15. The molecule has 21 heavy (non-hydrogen) atoms. The number of hydrogen-bond donors (Lipinski definition) is 1. The molecule has 0 aliphatic carbocycles. The number of aryl methyl sites for hydroxylation is 1. The Balaban J connectivity index is 2.27. The Morgan fingerprint density at radius 2 is 2.24 bits per heavy atom. The molecule has 0 saturated heterocycles. The van der Waals surface area contributed by atoms with Gasteiger partial charge < -0.3 is 5.32 Å². The molecule has 0 aromatic carbocycles. The van der Waals surface area contributed by atoms with Crippen molar-refractivity contribution in [1.82, 2.24) is 14.5 Å². The summed E-state index contributed by atoms with van der Waals surface area (Å²) in [6.07, 6.45) is 3.26. The quantitative estimate of drug-likeness (QED) is 0.915. The molecule has 2 rings (SSSR count). The number of amides is 1. The molecule has 0 radical (unpaired) electrons. The molecule has 0 saturated carbocycles. The van der Waals surface area contributed by atoms with Gasteiger partial charge in [-0.1, -0.05) is 25.2 Å². The fourth-order valence-electron chi connectivity index (χ4n) is 1.72. The molecule has 1 amide bonds. The van der Waals surface area contributed by atoms with Crippen LogP contribution in [0.5, 0.6) is 0 Å². The predicted molar refractivity (Wildman–Crippen MR) is 77.4 cm³/mol. The van der Waals surface area contributed by atoms with E-state index in [0.717, 1.165) is 22.3 Å². The largest absolute Gasteiger partial charge is 0.320 e. The number of halogens is 2. The molecule has 2 heterocycles. The zero-order valence-electron chi connectivity index (χ0n) is 11.9. The normalized spacial score (nSPS) is 12.7. The fourth-order valence-corrected chi connectivity index (χ4v) is 2.69. The van der Waals surface area contributed by atoms with Crippen LogP contribution in [0.1, 0.15) is 32.5 Å². The van der Waals surface area contributed by atoms with Gasteiger partial charge in [-0.25, -0.2) is 9.97 Å². The van der Waals surface area contributed by atoms with E-state index >= 15 is 0 Å². The summed E-state index contributed by atoms with van der Waals surface area (Å²) in [6.45, 7) is 2.78. The molecular formula is C13H16F2N4OS. The van der Waals surface area contributed by atoms with Crippen molar-refractivity contribution in [2.45, 2.75) is 33.7 Å². The van der Waals surface area contributed by atoms with Gasteiger partial charge in [0.05, 0.1) is 10.6 Å². The smallest absolute Gasteiger partial charge is 0.302 e. The van der Waals surface area contributed by atoms with Crippen molar-refractivity contribution in [3.63, 3.8) is 0 Å². The van der Waals surface area contributed by atoms with Gasteiger partial charge in [0.1, 0.15) is 0 Å². The van der Waals surface area contributed by atoms with E-state index in [1.807, 2.05) is 13.8 Å². The van der Waals surface area contributed by atoms with E-state index in [0.29, 0.717) is 15.7 Å². The van der Waals surface area contributed by atoms with Crippen molar-refractivity contribution in [1.29, 1.82) is 0 Å². The molecule has 1 atom stereocenters. The van der Waals surface area contributed by atoms with Gasteiger partial charge in [0.25, 0.3) is 0 Å². The van der Waals surface area contributed by atoms with Crippen LogP contribution in [0.15, 0.2) is 12.4 Å². The number of carbonyl (C=O) groups is 1. The number of thiazole rings is 1. The van der Waals surface area contributed by atoms with Crippen LogP contribution < -0.4 is 5.32 Å². The standard InChI is InChI=1S/C13H16F2N4OS/c1-4-7(2)11(20)18-13-17-8(3)9(21-13)10-16-5-6-19(10)12(14)15/h5-7,12H,4H2,1-3H3,(H,17,18,20). The number of alkyl halides is 2. The Hall–Kier alpha value is -1.83. The van der Waals surface area contributed by atoms with Crippen molar-refractivity contribution in [2.75, 3.05) is 5.32 Å². The molecule has 2 aromatic rings. The van der Waals surface area contributed by atoms with E-state index in [9.17, 15) is 13.6 Å². The minimum Gasteiger partial charge on any atom is -0.302 e. The maximum absolute atomic E-state index is 12.9. The lowest BCUT2D eigenvalue weighted by atomic mass is 10.1. The molecule has 1 N–H and O–H groups in total. The Bertz CT molecular complexity index is 638. The van der Waals surface area contributed by atoms with Gasteiger partial charge in [0.15, 0.2) is 11.0 Å². The van der Waals surface area contributed by atoms with Gasteiger partial charge >= 0.3 is 6.55 Å².